The highest BCUT2D eigenvalue weighted by Gasteiger charge is 2.23. The number of nitrogens with zero attached hydrogens (tertiary/aromatic N) is 2. The van der Waals surface area contributed by atoms with Gasteiger partial charge in [-0.25, -0.2) is 4.98 Å². The largest absolute Gasteiger partial charge is 0.345 e. The SMILES string of the molecule is CNCC(c1ncc(C2CCCN(C)C2)[nH]1)C(C)C. The van der Waals surface area contributed by atoms with Crippen molar-refractivity contribution in [1.82, 2.24) is 20.2 Å². The van der Waals surface area contributed by atoms with Crippen LogP contribution in [0.5, 0.6) is 0 Å². The second kappa shape index (κ2) is 6.53. The molecule has 1 aromatic heterocycles. The zero-order valence-corrected chi connectivity index (χ0v) is 12.7. The number of likely N-dealkylation sites (tertiary alicyclic amines) is 1. The van der Waals surface area contributed by atoms with Crippen molar-refractivity contribution in [1.29, 1.82) is 0 Å². The van der Waals surface area contributed by atoms with E-state index in [1.807, 2.05) is 7.05 Å². The number of hydrogen-bond acceptors (Lipinski definition) is 3. The Morgan fingerprint density at radius 2 is 2.32 bits per heavy atom. The average molecular weight is 264 g/mol. The van der Waals surface area contributed by atoms with Gasteiger partial charge in [0.05, 0.1) is 0 Å². The Bertz CT molecular complexity index is 385. The number of rotatable bonds is 5. The van der Waals surface area contributed by atoms with Crippen LogP contribution in [-0.2, 0) is 0 Å². The van der Waals surface area contributed by atoms with Gasteiger partial charge in [-0.1, -0.05) is 13.8 Å². The first-order valence-electron chi connectivity index (χ1n) is 7.49. The fourth-order valence-corrected chi connectivity index (χ4v) is 3.04. The van der Waals surface area contributed by atoms with Crippen LogP contribution < -0.4 is 5.32 Å². The van der Waals surface area contributed by atoms with Crippen LogP contribution in [0.3, 0.4) is 0 Å². The smallest absolute Gasteiger partial charge is 0.110 e. The van der Waals surface area contributed by atoms with Crippen molar-refractivity contribution in [2.75, 3.05) is 33.7 Å². The summed E-state index contributed by atoms with van der Waals surface area (Å²) in [6, 6.07) is 0. The van der Waals surface area contributed by atoms with Crippen LogP contribution in [0.25, 0.3) is 0 Å². The van der Waals surface area contributed by atoms with Crippen LogP contribution in [0, 0.1) is 5.92 Å². The summed E-state index contributed by atoms with van der Waals surface area (Å²) in [5.41, 5.74) is 1.32. The molecular weight excluding hydrogens is 236 g/mol. The number of imidazole rings is 1. The van der Waals surface area contributed by atoms with E-state index in [1.54, 1.807) is 0 Å². The summed E-state index contributed by atoms with van der Waals surface area (Å²) in [4.78, 5) is 10.7. The monoisotopic (exact) mass is 264 g/mol. The van der Waals surface area contributed by atoms with E-state index in [4.69, 9.17) is 0 Å². The highest BCUT2D eigenvalue weighted by atomic mass is 15.1. The molecule has 0 bridgehead atoms. The molecule has 0 spiro atoms. The molecule has 2 heterocycles. The lowest BCUT2D eigenvalue weighted by Gasteiger charge is -2.28. The molecule has 2 unspecified atom stereocenters. The van der Waals surface area contributed by atoms with Crippen molar-refractivity contribution in [3.8, 4) is 0 Å². The van der Waals surface area contributed by atoms with Crippen LogP contribution in [0.2, 0.25) is 0 Å². The molecule has 19 heavy (non-hydrogen) atoms. The van der Waals surface area contributed by atoms with Crippen LogP contribution in [-0.4, -0.2) is 48.6 Å². The fourth-order valence-electron chi connectivity index (χ4n) is 3.04. The van der Waals surface area contributed by atoms with Crippen LogP contribution >= 0.6 is 0 Å². The molecule has 0 aliphatic carbocycles. The Labute approximate surface area is 117 Å². The van der Waals surface area contributed by atoms with E-state index < -0.39 is 0 Å². The molecule has 2 rings (SSSR count). The number of piperidine rings is 1. The summed E-state index contributed by atoms with van der Waals surface area (Å²) in [7, 11) is 4.22. The topological polar surface area (TPSA) is 44.0 Å². The third-order valence-corrected chi connectivity index (χ3v) is 4.26. The van der Waals surface area contributed by atoms with Gasteiger partial charge in [0, 0.05) is 36.8 Å². The van der Waals surface area contributed by atoms with Gasteiger partial charge in [0.1, 0.15) is 5.82 Å². The molecule has 1 saturated heterocycles. The summed E-state index contributed by atoms with van der Waals surface area (Å²) in [6.45, 7) is 7.89. The highest BCUT2D eigenvalue weighted by molar-refractivity contribution is 5.12. The number of aromatic nitrogens is 2. The van der Waals surface area contributed by atoms with Crippen molar-refractivity contribution in [2.24, 2.45) is 5.92 Å². The molecule has 0 radical (unpaired) electrons. The van der Waals surface area contributed by atoms with Gasteiger partial charge in [0.25, 0.3) is 0 Å². The predicted molar refractivity (Wildman–Crippen MR) is 79.6 cm³/mol. The van der Waals surface area contributed by atoms with Gasteiger partial charge in [-0.2, -0.15) is 0 Å². The van der Waals surface area contributed by atoms with E-state index in [2.05, 4.69) is 47.3 Å². The Hall–Kier alpha value is -0.870. The quantitative estimate of drug-likeness (QED) is 0.856. The van der Waals surface area contributed by atoms with E-state index in [-0.39, 0.29) is 0 Å². The maximum Gasteiger partial charge on any atom is 0.110 e. The minimum atomic E-state index is 0.472. The molecule has 1 aliphatic heterocycles. The molecule has 4 nitrogen and oxygen atoms in total. The summed E-state index contributed by atoms with van der Waals surface area (Å²) in [6.07, 6.45) is 4.63. The molecule has 0 aromatic carbocycles. The van der Waals surface area contributed by atoms with E-state index in [0.717, 1.165) is 18.9 Å². The zero-order chi connectivity index (χ0) is 13.8. The number of H-pyrrole nitrogens is 1. The van der Waals surface area contributed by atoms with Crippen LogP contribution in [0.15, 0.2) is 6.20 Å². The Balaban J connectivity index is 2.08. The van der Waals surface area contributed by atoms with Gasteiger partial charge < -0.3 is 15.2 Å². The first-order valence-corrected chi connectivity index (χ1v) is 7.49. The van der Waals surface area contributed by atoms with E-state index in [9.17, 15) is 0 Å². The average Bonchev–Trinajstić information content (AvgIpc) is 2.84. The summed E-state index contributed by atoms with van der Waals surface area (Å²) in [5, 5.41) is 3.28. The lowest BCUT2D eigenvalue weighted by molar-refractivity contribution is 0.248. The second-order valence-corrected chi connectivity index (χ2v) is 6.23. The number of nitrogens with one attached hydrogen (secondary N) is 2. The third-order valence-electron chi connectivity index (χ3n) is 4.26. The molecular formula is C15H28N4. The van der Waals surface area contributed by atoms with Crippen molar-refractivity contribution in [3.63, 3.8) is 0 Å². The Kier molecular flexibility index (Phi) is 4.99. The maximum absolute atomic E-state index is 4.64. The summed E-state index contributed by atoms with van der Waals surface area (Å²) >= 11 is 0. The lowest BCUT2D eigenvalue weighted by Crippen LogP contribution is -2.31. The number of aromatic amines is 1. The second-order valence-electron chi connectivity index (χ2n) is 6.23. The molecule has 1 aliphatic rings. The standard InChI is InChI=1S/C15H28N4/c1-11(2)13(8-16-3)15-17-9-14(18-15)12-6-5-7-19(4)10-12/h9,11-13,16H,5-8,10H2,1-4H3,(H,17,18). The Morgan fingerprint density at radius 3 is 2.95 bits per heavy atom. The van der Waals surface area contributed by atoms with E-state index >= 15 is 0 Å². The first kappa shape index (κ1) is 14.5. The first-order chi connectivity index (χ1) is 9.11. The van der Waals surface area contributed by atoms with Crippen molar-refractivity contribution in [2.45, 2.75) is 38.5 Å². The van der Waals surface area contributed by atoms with Gasteiger partial charge in [-0.05, 0) is 39.4 Å². The van der Waals surface area contributed by atoms with Crippen molar-refractivity contribution in [3.05, 3.63) is 17.7 Å². The normalized spacial score (nSPS) is 22.9. The summed E-state index contributed by atoms with van der Waals surface area (Å²) < 4.78 is 0. The predicted octanol–water partition coefficient (Wildman–Crippen LogP) is 2.18. The molecule has 2 N–H and O–H groups in total. The van der Waals surface area contributed by atoms with Gasteiger partial charge in [0.15, 0.2) is 0 Å². The Morgan fingerprint density at radius 1 is 1.53 bits per heavy atom. The lowest BCUT2D eigenvalue weighted by atomic mass is 9.94. The maximum atomic E-state index is 4.64. The van der Waals surface area contributed by atoms with Crippen LogP contribution in [0.1, 0.15) is 50.0 Å². The van der Waals surface area contributed by atoms with Gasteiger partial charge in [-0.15, -0.1) is 0 Å². The van der Waals surface area contributed by atoms with Crippen molar-refractivity contribution < 1.29 is 0 Å². The van der Waals surface area contributed by atoms with Gasteiger partial charge in [0.2, 0.25) is 0 Å². The molecule has 4 heteroatoms. The summed E-state index contributed by atoms with van der Waals surface area (Å²) in [5.74, 6) is 2.84. The van der Waals surface area contributed by atoms with Crippen molar-refractivity contribution >= 4 is 0 Å². The molecule has 1 aromatic rings. The number of hydrogen-bond donors (Lipinski definition) is 2. The number of likely N-dealkylation sites (N-methyl/N-ethyl adjacent to an activating group) is 2. The molecule has 0 saturated carbocycles. The zero-order valence-electron chi connectivity index (χ0n) is 12.7. The molecule has 108 valence electrons. The third kappa shape index (κ3) is 3.57. The van der Waals surface area contributed by atoms with E-state index in [0.29, 0.717) is 17.8 Å². The van der Waals surface area contributed by atoms with Crippen LogP contribution in [0.4, 0.5) is 0 Å². The van der Waals surface area contributed by atoms with Gasteiger partial charge >= 0.3 is 0 Å². The highest BCUT2D eigenvalue weighted by Crippen LogP contribution is 2.27. The van der Waals surface area contributed by atoms with Gasteiger partial charge in [-0.3, -0.25) is 0 Å². The molecule has 0 amide bonds. The van der Waals surface area contributed by atoms with E-state index in [1.165, 1.54) is 25.1 Å². The fraction of sp³-hybridized carbons (Fsp3) is 0.800. The minimum Gasteiger partial charge on any atom is -0.345 e. The minimum absolute atomic E-state index is 0.472. The molecule has 2 atom stereocenters. The molecule has 1 fully saturated rings.